The predicted molar refractivity (Wildman–Crippen MR) is 58.1 cm³/mol. The summed E-state index contributed by atoms with van der Waals surface area (Å²) in [5, 5.41) is 0. The molecule has 2 aliphatic rings. The Labute approximate surface area is 87.2 Å². The fraction of sp³-hybridized carbons (Fsp3) is 1.00. The van der Waals surface area contributed by atoms with E-state index in [1.165, 1.54) is 25.7 Å². The highest BCUT2D eigenvalue weighted by molar-refractivity contribution is 5.00. The van der Waals surface area contributed by atoms with Crippen LogP contribution in [0.3, 0.4) is 0 Å². The SMILES string of the molecule is CC1(C)C(N)CC1OCC1CCCC1. The molecule has 2 nitrogen and oxygen atoms in total. The maximum absolute atomic E-state index is 5.97. The van der Waals surface area contributed by atoms with E-state index in [0.717, 1.165) is 18.9 Å². The zero-order chi connectivity index (χ0) is 10.2. The minimum absolute atomic E-state index is 0.207. The summed E-state index contributed by atoms with van der Waals surface area (Å²) in [7, 11) is 0. The molecule has 0 spiro atoms. The van der Waals surface area contributed by atoms with Crippen LogP contribution in [0.2, 0.25) is 0 Å². The summed E-state index contributed by atoms with van der Waals surface area (Å²) in [5.74, 6) is 0.836. The highest BCUT2D eigenvalue weighted by Gasteiger charge is 2.46. The van der Waals surface area contributed by atoms with Crippen molar-refractivity contribution in [2.75, 3.05) is 6.61 Å². The number of rotatable bonds is 3. The average molecular weight is 197 g/mol. The van der Waals surface area contributed by atoms with Gasteiger partial charge in [-0.15, -0.1) is 0 Å². The van der Waals surface area contributed by atoms with Crippen LogP contribution < -0.4 is 5.73 Å². The highest BCUT2D eigenvalue weighted by atomic mass is 16.5. The van der Waals surface area contributed by atoms with Gasteiger partial charge in [-0.1, -0.05) is 26.7 Å². The molecule has 2 aliphatic carbocycles. The van der Waals surface area contributed by atoms with Gasteiger partial charge in [0.05, 0.1) is 6.10 Å². The molecule has 0 heterocycles. The molecule has 0 aromatic carbocycles. The monoisotopic (exact) mass is 197 g/mol. The molecule has 0 aliphatic heterocycles. The third kappa shape index (κ3) is 1.82. The van der Waals surface area contributed by atoms with E-state index in [-0.39, 0.29) is 5.41 Å². The lowest BCUT2D eigenvalue weighted by molar-refractivity contribution is -0.116. The van der Waals surface area contributed by atoms with Crippen molar-refractivity contribution in [1.82, 2.24) is 0 Å². The summed E-state index contributed by atoms with van der Waals surface area (Å²) in [4.78, 5) is 0. The van der Waals surface area contributed by atoms with Gasteiger partial charge >= 0.3 is 0 Å². The van der Waals surface area contributed by atoms with E-state index in [2.05, 4.69) is 13.8 Å². The molecule has 0 aromatic heterocycles. The quantitative estimate of drug-likeness (QED) is 0.753. The summed E-state index contributed by atoms with van der Waals surface area (Å²) >= 11 is 0. The number of ether oxygens (including phenoxy) is 1. The van der Waals surface area contributed by atoms with Crippen molar-refractivity contribution in [2.45, 2.75) is 58.1 Å². The first kappa shape index (κ1) is 10.4. The summed E-state index contributed by atoms with van der Waals surface area (Å²) in [6, 6.07) is 0.344. The topological polar surface area (TPSA) is 35.2 Å². The van der Waals surface area contributed by atoms with Gasteiger partial charge in [0.15, 0.2) is 0 Å². The smallest absolute Gasteiger partial charge is 0.0655 e. The molecule has 2 saturated carbocycles. The molecular formula is C12H23NO. The third-order valence-corrected chi connectivity index (χ3v) is 4.26. The van der Waals surface area contributed by atoms with E-state index < -0.39 is 0 Å². The molecule has 14 heavy (non-hydrogen) atoms. The zero-order valence-electron chi connectivity index (χ0n) is 9.46. The minimum Gasteiger partial charge on any atom is -0.377 e. The molecular weight excluding hydrogens is 174 g/mol. The molecule has 0 amide bonds. The summed E-state index contributed by atoms with van der Waals surface area (Å²) in [6.45, 7) is 5.42. The predicted octanol–water partition coefficient (Wildman–Crippen LogP) is 2.32. The Morgan fingerprint density at radius 2 is 1.93 bits per heavy atom. The van der Waals surface area contributed by atoms with Crippen LogP contribution in [0.15, 0.2) is 0 Å². The summed E-state index contributed by atoms with van der Waals surface area (Å²) < 4.78 is 5.97. The van der Waals surface area contributed by atoms with E-state index in [9.17, 15) is 0 Å². The number of hydrogen-bond donors (Lipinski definition) is 1. The van der Waals surface area contributed by atoms with Crippen LogP contribution in [0.5, 0.6) is 0 Å². The second-order valence-corrected chi connectivity index (χ2v) is 5.64. The van der Waals surface area contributed by atoms with Crippen LogP contribution in [-0.2, 0) is 4.74 Å². The third-order valence-electron chi connectivity index (χ3n) is 4.26. The van der Waals surface area contributed by atoms with Gasteiger partial charge in [-0.25, -0.2) is 0 Å². The lowest BCUT2D eigenvalue weighted by Gasteiger charge is -2.50. The van der Waals surface area contributed by atoms with Crippen LogP contribution in [-0.4, -0.2) is 18.8 Å². The van der Waals surface area contributed by atoms with Gasteiger partial charge in [-0.05, 0) is 25.2 Å². The van der Waals surface area contributed by atoms with Crippen molar-refractivity contribution >= 4 is 0 Å². The van der Waals surface area contributed by atoms with E-state index >= 15 is 0 Å². The van der Waals surface area contributed by atoms with Crippen molar-refractivity contribution in [2.24, 2.45) is 17.1 Å². The standard InChI is InChI=1S/C12H23NO/c1-12(2)10(13)7-11(12)14-8-9-5-3-4-6-9/h9-11H,3-8,13H2,1-2H3. The fourth-order valence-electron chi connectivity index (χ4n) is 2.63. The molecule has 0 aromatic rings. The van der Waals surface area contributed by atoms with Gasteiger partial charge in [0.25, 0.3) is 0 Å². The molecule has 0 bridgehead atoms. The first-order chi connectivity index (χ1) is 6.60. The van der Waals surface area contributed by atoms with Crippen LogP contribution in [0.25, 0.3) is 0 Å². The number of nitrogens with two attached hydrogens (primary N) is 1. The lowest BCUT2D eigenvalue weighted by atomic mass is 9.65. The summed E-state index contributed by atoms with van der Waals surface area (Å²) in [6.07, 6.45) is 7.03. The van der Waals surface area contributed by atoms with Crippen LogP contribution in [0, 0.1) is 11.3 Å². The number of hydrogen-bond acceptors (Lipinski definition) is 2. The Morgan fingerprint density at radius 1 is 1.29 bits per heavy atom. The van der Waals surface area contributed by atoms with Gasteiger partial charge < -0.3 is 10.5 Å². The molecule has 2 heteroatoms. The van der Waals surface area contributed by atoms with Crippen LogP contribution in [0.4, 0.5) is 0 Å². The molecule has 2 atom stereocenters. The van der Waals surface area contributed by atoms with Gasteiger partial charge in [-0.2, -0.15) is 0 Å². The van der Waals surface area contributed by atoms with Crippen molar-refractivity contribution in [1.29, 1.82) is 0 Å². The highest BCUT2D eigenvalue weighted by Crippen LogP contribution is 2.42. The average Bonchev–Trinajstić information content (AvgIpc) is 2.64. The van der Waals surface area contributed by atoms with Crippen LogP contribution in [0.1, 0.15) is 46.0 Å². The molecule has 0 radical (unpaired) electrons. The van der Waals surface area contributed by atoms with E-state index in [0.29, 0.717) is 12.1 Å². The van der Waals surface area contributed by atoms with Gasteiger partial charge in [0.2, 0.25) is 0 Å². The van der Waals surface area contributed by atoms with Gasteiger partial charge in [0.1, 0.15) is 0 Å². The van der Waals surface area contributed by atoms with E-state index in [4.69, 9.17) is 10.5 Å². The van der Waals surface area contributed by atoms with Crippen molar-refractivity contribution in [3.63, 3.8) is 0 Å². The Bertz CT molecular complexity index is 196. The molecule has 0 saturated heterocycles. The van der Waals surface area contributed by atoms with E-state index in [1.807, 2.05) is 0 Å². The Kier molecular flexibility index (Phi) is 2.85. The first-order valence-corrected chi connectivity index (χ1v) is 5.98. The largest absolute Gasteiger partial charge is 0.377 e. The maximum Gasteiger partial charge on any atom is 0.0655 e. The second kappa shape index (κ2) is 3.82. The maximum atomic E-state index is 5.97. The second-order valence-electron chi connectivity index (χ2n) is 5.64. The van der Waals surface area contributed by atoms with Gasteiger partial charge in [0, 0.05) is 18.1 Å². The van der Waals surface area contributed by atoms with E-state index in [1.54, 1.807) is 0 Å². The molecule has 2 unspecified atom stereocenters. The van der Waals surface area contributed by atoms with Crippen LogP contribution >= 0.6 is 0 Å². The zero-order valence-corrected chi connectivity index (χ0v) is 9.46. The van der Waals surface area contributed by atoms with Crippen molar-refractivity contribution in [3.8, 4) is 0 Å². The lowest BCUT2D eigenvalue weighted by Crippen LogP contribution is -2.59. The van der Waals surface area contributed by atoms with Crippen molar-refractivity contribution in [3.05, 3.63) is 0 Å². The van der Waals surface area contributed by atoms with Crippen molar-refractivity contribution < 1.29 is 4.74 Å². The minimum atomic E-state index is 0.207. The first-order valence-electron chi connectivity index (χ1n) is 5.98. The molecule has 2 N–H and O–H groups in total. The molecule has 2 rings (SSSR count). The Morgan fingerprint density at radius 3 is 2.43 bits per heavy atom. The normalized spacial score (nSPS) is 37.1. The summed E-state index contributed by atoms with van der Waals surface area (Å²) in [5.41, 5.74) is 6.16. The molecule has 82 valence electrons. The Balaban J connectivity index is 1.71. The fourth-order valence-corrected chi connectivity index (χ4v) is 2.63. The van der Waals surface area contributed by atoms with Gasteiger partial charge in [-0.3, -0.25) is 0 Å². The Hall–Kier alpha value is -0.0800. The molecule has 2 fully saturated rings.